The number of piperidine rings is 1. The van der Waals surface area contributed by atoms with Crippen molar-refractivity contribution in [2.24, 2.45) is 0 Å². The largest absolute Gasteiger partial charge is 0.415 e. The van der Waals surface area contributed by atoms with Crippen LogP contribution in [0.25, 0.3) is 22.9 Å². The zero-order valence-corrected chi connectivity index (χ0v) is 37.3. The summed E-state index contributed by atoms with van der Waals surface area (Å²) in [5.41, 5.74) is 4.48. The topological polar surface area (TPSA) is 156 Å². The van der Waals surface area contributed by atoms with Gasteiger partial charge in [-0.25, -0.2) is 21.2 Å². The Kier molecular flexibility index (Phi) is 15.6. The summed E-state index contributed by atoms with van der Waals surface area (Å²) in [6, 6.07) is 37.4. The molecule has 0 aliphatic carbocycles. The third-order valence-electron chi connectivity index (χ3n) is 10.8. The first-order valence-electron chi connectivity index (χ1n) is 20.8. The van der Waals surface area contributed by atoms with E-state index in [1.54, 1.807) is 103 Å². The molecule has 20 heteroatoms. The average molecular weight is 962 g/mol. The Morgan fingerprint density at radius 2 is 1.07 bits per heavy atom. The van der Waals surface area contributed by atoms with E-state index in [0.717, 1.165) is 36.9 Å². The Bertz CT molecular complexity index is 2900. The van der Waals surface area contributed by atoms with Gasteiger partial charge in [0.25, 0.3) is 21.8 Å². The zero-order valence-electron chi connectivity index (χ0n) is 35.7. The van der Waals surface area contributed by atoms with Gasteiger partial charge < -0.3 is 13.7 Å². The molecule has 0 atom stereocenters. The highest BCUT2D eigenvalue weighted by Gasteiger charge is 2.27. The van der Waals surface area contributed by atoms with Crippen LogP contribution in [0, 0.1) is 5.82 Å². The minimum Gasteiger partial charge on any atom is -0.415 e. The molecule has 3 heterocycles. The van der Waals surface area contributed by atoms with Gasteiger partial charge in [-0.1, -0.05) is 79.4 Å². The SMILES string of the molecule is C=CS(=O)(=O)N(Cc1ccc(-c2nnc(C(F)F)o2)cc1)c1ccccc1.O=S(=O)(CCN1CCC(c2ccc(F)cc2)CC1)N(Cc1ccc(-c2nnc(C(F)F)o2)cc1)c1ccccc1. The molecule has 0 unspecified atom stereocenters. The van der Waals surface area contributed by atoms with E-state index in [2.05, 4.69) is 31.9 Å². The number of hydrogen-bond acceptors (Lipinski definition) is 11. The van der Waals surface area contributed by atoms with Crippen molar-refractivity contribution in [2.75, 3.05) is 34.0 Å². The van der Waals surface area contributed by atoms with Gasteiger partial charge in [0.2, 0.25) is 21.8 Å². The molecule has 1 saturated heterocycles. The number of aromatic nitrogens is 4. The second-order valence-corrected chi connectivity index (χ2v) is 19.1. The fourth-order valence-corrected chi connectivity index (χ4v) is 9.67. The number of hydrogen-bond donors (Lipinski definition) is 0. The number of rotatable bonds is 17. The maximum atomic E-state index is 13.6. The third-order valence-corrected chi connectivity index (χ3v) is 13.9. The molecule has 1 aliphatic heterocycles. The van der Waals surface area contributed by atoms with Crippen LogP contribution in [0.5, 0.6) is 0 Å². The molecule has 5 aromatic carbocycles. The van der Waals surface area contributed by atoms with Crippen LogP contribution in [0.1, 0.15) is 60.1 Å². The van der Waals surface area contributed by atoms with Gasteiger partial charge in [-0.3, -0.25) is 8.61 Å². The first kappa shape index (κ1) is 48.2. The lowest BCUT2D eigenvalue weighted by molar-refractivity contribution is 0.115. The van der Waals surface area contributed by atoms with Crippen molar-refractivity contribution in [3.8, 4) is 22.9 Å². The third kappa shape index (κ3) is 12.6. The summed E-state index contributed by atoms with van der Waals surface area (Å²) in [4.78, 5) is 2.16. The average Bonchev–Trinajstić information content (AvgIpc) is 4.06. The van der Waals surface area contributed by atoms with Crippen LogP contribution in [-0.4, -0.2) is 67.5 Å². The highest BCUT2D eigenvalue weighted by Crippen LogP contribution is 2.30. The number of nitrogens with zero attached hydrogens (tertiary/aromatic N) is 7. The van der Waals surface area contributed by atoms with Crippen LogP contribution < -0.4 is 8.61 Å². The first-order chi connectivity index (χ1) is 32.2. The van der Waals surface area contributed by atoms with Crippen LogP contribution in [-0.2, 0) is 33.1 Å². The molecule has 0 N–H and O–H groups in total. The molecule has 13 nitrogen and oxygen atoms in total. The second-order valence-electron chi connectivity index (χ2n) is 15.3. The van der Waals surface area contributed by atoms with Crippen molar-refractivity contribution in [3.05, 3.63) is 180 Å². The van der Waals surface area contributed by atoms with Gasteiger partial charge in [0.05, 0.1) is 30.2 Å². The molecule has 8 rings (SSSR count). The Hall–Kier alpha value is -6.77. The highest BCUT2D eigenvalue weighted by molar-refractivity contribution is 7.95. The summed E-state index contributed by atoms with van der Waals surface area (Å²) in [7, 11) is -7.39. The van der Waals surface area contributed by atoms with Gasteiger partial charge in [0.15, 0.2) is 0 Å². The van der Waals surface area contributed by atoms with E-state index in [-0.39, 0.29) is 36.4 Å². The summed E-state index contributed by atoms with van der Waals surface area (Å²) in [5, 5.41) is 14.8. The van der Waals surface area contributed by atoms with Gasteiger partial charge in [-0.15, -0.1) is 20.4 Å². The molecule has 350 valence electrons. The fourth-order valence-electron chi connectivity index (χ4n) is 7.25. The molecule has 1 fully saturated rings. The predicted octanol–water partition coefficient (Wildman–Crippen LogP) is 10.2. The van der Waals surface area contributed by atoms with Crippen LogP contribution >= 0.6 is 0 Å². The Morgan fingerprint density at radius 1 is 0.627 bits per heavy atom. The van der Waals surface area contributed by atoms with Gasteiger partial charge in [-0.2, -0.15) is 17.6 Å². The number of para-hydroxylation sites is 2. The lowest BCUT2D eigenvalue weighted by atomic mass is 9.89. The number of benzene rings is 5. The summed E-state index contributed by atoms with van der Waals surface area (Å²) < 4.78 is 128. The van der Waals surface area contributed by atoms with E-state index >= 15 is 0 Å². The van der Waals surface area contributed by atoms with Crippen LogP contribution in [0.4, 0.5) is 33.3 Å². The fraction of sp³-hybridized carbons (Fsp3) is 0.234. The number of alkyl halides is 4. The molecule has 7 aromatic rings. The highest BCUT2D eigenvalue weighted by atomic mass is 32.2. The second kappa shape index (κ2) is 21.7. The molecule has 0 bridgehead atoms. The molecule has 0 amide bonds. The van der Waals surface area contributed by atoms with Gasteiger partial charge in [0, 0.05) is 23.1 Å². The Labute approximate surface area is 384 Å². The van der Waals surface area contributed by atoms with Crippen molar-refractivity contribution in [2.45, 2.75) is 44.7 Å². The van der Waals surface area contributed by atoms with Crippen molar-refractivity contribution >= 4 is 31.4 Å². The monoisotopic (exact) mass is 961 g/mol. The molecule has 1 aliphatic rings. The summed E-state index contributed by atoms with van der Waals surface area (Å²) in [5.74, 6) is -1.51. The summed E-state index contributed by atoms with van der Waals surface area (Å²) in [6.45, 7) is 5.50. The number of anilines is 2. The Morgan fingerprint density at radius 3 is 1.51 bits per heavy atom. The quantitative estimate of drug-likeness (QED) is 0.0801. The van der Waals surface area contributed by atoms with Gasteiger partial charge >= 0.3 is 12.9 Å². The van der Waals surface area contributed by atoms with Crippen molar-refractivity contribution in [3.63, 3.8) is 0 Å². The maximum Gasteiger partial charge on any atom is 0.314 e. The van der Waals surface area contributed by atoms with E-state index in [1.807, 2.05) is 18.2 Å². The van der Waals surface area contributed by atoms with E-state index < -0.39 is 44.7 Å². The molecule has 0 saturated carbocycles. The normalized spacial score (nSPS) is 13.6. The molecular formula is C47H44F5N7O6S2. The minimum atomic E-state index is -3.71. The lowest BCUT2D eigenvalue weighted by Gasteiger charge is -2.33. The predicted molar refractivity (Wildman–Crippen MR) is 242 cm³/mol. The molecule has 67 heavy (non-hydrogen) atoms. The van der Waals surface area contributed by atoms with E-state index in [4.69, 9.17) is 8.83 Å². The van der Waals surface area contributed by atoms with Gasteiger partial charge in [0.1, 0.15) is 5.82 Å². The van der Waals surface area contributed by atoms with Gasteiger partial charge in [-0.05, 0) is 109 Å². The first-order valence-corrected chi connectivity index (χ1v) is 24.0. The van der Waals surface area contributed by atoms with Crippen molar-refractivity contribution in [1.82, 2.24) is 25.3 Å². The minimum absolute atomic E-state index is 0.0300. The van der Waals surface area contributed by atoms with Crippen molar-refractivity contribution in [1.29, 1.82) is 0 Å². The van der Waals surface area contributed by atoms with E-state index in [0.29, 0.717) is 46.1 Å². The lowest BCUT2D eigenvalue weighted by Crippen LogP contribution is -2.40. The standard InChI is InChI=1S/C29H29F3N4O3S.C18H15F2N3O3S/c30-25-12-10-22(11-13-25)23-14-16-35(17-15-23)18-19-40(37,38)36(26-4-2-1-3-5-26)20-21-6-8-24(9-7-21)28-33-34-29(39-28)27(31)32;1-2-27(24,25)23(15-6-4-3-5-7-15)12-13-8-10-14(11-9-13)17-21-22-18(26-17)16(19)20/h1-13,23,27H,14-20H2;2-11,16H,1,12H2. The number of likely N-dealkylation sites (tertiary alicyclic amines) is 1. The zero-order chi connectivity index (χ0) is 47.6. The van der Waals surface area contributed by atoms with Crippen LogP contribution in [0.2, 0.25) is 0 Å². The number of halogens is 5. The molecule has 0 spiro atoms. The molecule has 0 radical (unpaired) electrons. The molecule has 2 aromatic heterocycles. The number of sulfonamides is 2. The summed E-state index contributed by atoms with van der Waals surface area (Å²) >= 11 is 0. The van der Waals surface area contributed by atoms with Crippen molar-refractivity contribution < 1.29 is 47.6 Å². The van der Waals surface area contributed by atoms with Crippen LogP contribution in [0.15, 0.2) is 154 Å². The molecular weight excluding hydrogens is 918 g/mol. The van der Waals surface area contributed by atoms with E-state index in [9.17, 15) is 38.8 Å². The maximum absolute atomic E-state index is 13.6. The Balaban J connectivity index is 0.000000215. The van der Waals surface area contributed by atoms with E-state index in [1.165, 1.54) is 20.7 Å². The summed E-state index contributed by atoms with van der Waals surface area (Å²) in [6.07, 6.45) is -3.92. The van der Waals surface area contributed by atoms with Crippen LogP contribution in [0.3, 0.4) is 0 Å². The smallest absolute Gasteiger partial charge is 0.314 e.